The van der Waals surface area contributed by atoms with Gasteiger partial charge in [0.2, 0.25) is 5.91 Å². The Balaban J connectivity index is 1.81. The van der Waals surface area contributed by atoms with Crippen molar-refractivity contribution in [1.29, 1.82) is 0 Å². The van der Waals surface area contributed by atoms with Gasteiger partial charge in [0, 0.05) is 12.1 Å². The van der Waals surface area contributed by atoms with Crippen LogP contribution in [0.4, 0.5) is 5.69 Å². The highest BCUT2D eigenvalue weighted by atomic mass is 16.1. The molecule has 1 amide bonds. The molecule has 118 valence electrons. The van der Waals surface area contributed by atoms with E-state index in [9.17, 15) is 4.79 Å². The summed E-state index contributed by atoms with van der Waals surface area (Å²) in [7, 11) is 0. The molecule has 0 spiro atoms. The fourth-order valence-electron chi connectivity index (χ4n) is 2.57. The van der Waals surface area contributed by atoms with Crippen LogP contribution in [-0.4, -0.2) is 5.91 Å². The second kappa shape index (κ2) is 7.93. The van der Waals surface area contributed by atoms with Crippen molar-refractivity contribution >= 4 is 17.2 Å². The van der Waals surface area contributed by atoms with E-state index in [0.717, 1.165) is 22.4 Å². The minimum absolute atomic E-state index is 0.0226. The van der Waals surface area contributed by atoms with Gasteiger partial charge in [-0.25, -0.2) is 0 Å². The van der Waals surface area contributed by atoms with Crippen molar-refractivity contribution in [1.82, 2.24) is 0 Å². The summed E-state index contributed by atoms with van der Waals surface area (Å²) in [6.07, 6.45) is 2.32. The number of rotatable bonds is 5. The average molecular weight is 313 g/mol. The van der Waals surface area contributed by atoms with Crippen molar-refractivity contribution < 1.29 is 4.79 Å². The van der Waals surface area contributed by atoms with Crippen LogP contribution < -0.4 is 5.32 Å². The van der Waals surface area contributed by atoms with E-state index < -0.39 is 0 Å². The van der Waals surface area contributed by atoms with Gasteiger partial charge in [-0.3, -0.25) is 4.79 Å². The molecule has 0 atom stereocenters. The lowest BCUT2D eigenvalue weighted by atomic mass is 9.97. The van der Waals surface area contributed by atoms with Crippen LogP contribution in [-0.2, 0) is 4.79 Å². The minimum Gasteiger partial charge on any atom is -0.326 e. The van der Waals surface area contributed by atoms with Crippen molar-refractivity contribution in [3.63, 3.8) is 0 Å². The molecular formula is C22H19NO. The predicted molar refractivity (Wildman–Crippen MR) is 99.7 cm³/mol. The first-order valence-corrected chi connectivity index (χ1v) is 7.99. The van der Waals surface area contributed by atoms with Gasteiger partial charge in [-0.2, -0.15) is 0 Å². The van der Waals surface area contributed by atoms with E-state index in [-0.39, 0.29) is 5.91 Å². The fourth-order valence-corrected chi connectivity index (χ4v) is 2.57. The first-order chi connectivity index (χ1) is 11.8. The van der Waals surface area contributed by atoms with E-state index in [1.165, 1.54) is 0 Å². The summed E-state index contributed by atoms with van der Waals surface area (Å²) in [6, 6.07) is 29.8. The Hall–Kier alpha value is -3.13. The molecule has 0 fully saturated rings. The molecule has 3 aromatic rings. The third kappa shape index (κ3) is 4.20. The van der Waals surface area contributed by atoms with Crippen LogP contribution in [0.1, 0.15) is 17.5 Å². The Morgan fingerprint density at radius 3 is 1.67 bits per heavy atom. The van der Waals surface area contributed by atoms with Crippen molar-refractivity contribution in [2.45, 2.75) is 6.42 Å². The molecule has 0 aromatic heterocycles. The van der Waals surface area contributed by atoms with Gasteiger partial charge < -0.3 is 5.32 Å². The molecule has 0 bridgehead atoms. The molecule has 3 aromatic carbocycles. The average Bonchev–Trinajstić information content (AvgIpc) is 2.64. The van der Waals surface area contributed by atoms with E-state index in [1.807, 2.05) is 72.8 Å². The highest BCUT2D eigenvalue weighted by molar-refractivity contribution is 5.93. The van der Waals surface area contributed by atoms with Crippen molar-refractivity contribution in [2.24, 2.45) is 0 Å². The Labute approximate surface area is 142 Å². The molecular weight excluding hydrogens is 294 g/mol. The topological polar surface area (TPSA) is 29.1 Å². The number of anilines is 1. The highest BCUT2D eigenvalue weighted by Gasteiger charge is 2.06. The van der Waals surface area contributed by atoms with E-state index in [1.54, 1.807) is 0 Å². The molecule has 0 saturated carbocycles. The standard InChI is InChI=1S/C22H19NO/c24-22(23-20-14-8-3-9-15-20)17-16-21(18-10-4-1-5-11-18)19-12-6-2-7-13-19/h1-16H,17H2,(H,23,24). The molecule has 0 aliphatic rings. The SMILES string of the molecule is O=C(CC=C(c1ccccc1)c1ccccc1)Nc1ccccc1. The predicted octanol–water partition coefficient (Wildman–Crippen LogP) is 5.15. The number of carbonyl (C=O) groups is 1. The van der Waals surface area contributed by atoms with Crippen LogP contribution in [0.3, 0.4) is 0 Å². The smallest absolute Gasteiger partial charge is 0.228 e. The molecule has 2 nitrogen and oxygen atoms in total. The molecule has 2 heteroatoms. The van der Waals surface area contributed by atoms with E-state index in [0.29, 0.717) is 6.42 Å². The molecule has 0 unspecified atom stereocenters. The number of benzene rings is 3. The maximum Gasteiger partial charge on any atom is 0.228 e. The van der Waals surface area contributed by atoms with Gasteiger partial charge in [-0.15, -0.1) is 0 Å². The number of nitrogens with one attached hydrogen (secondary N) is 1. The zero-order valence-corrected chi connectivity index (χ0v) is 13.4. The Kier molecular flexibility index (Phi) is 5.21. The third-order valence-electron chi connectivity index (χ3n) is 3.72. The summed E-state index contributed by atoms with van der Waals surface area (Å²) < 4.78 is 0. The lowest BCUT2D eigenvalue weighted by Gasteiger charge is -2.09. The van der Waals surface area contributed by atoms with Gasteiger partial charge in [0.05, 0.1) is 0 Å². The van der Waals surface area contributed by atoms with Crippen LogP contribution in [0.15, 0.2) is 97.1 Å². The van der Waals surface area contributed by atoms with Crippen LogP contribution in [0, 0.1) is 0 Å². The van der Waals surface area contributed by atoms with E-state index in [2.05, 4.69) is 29.6 Å². The lowest BCUT2D eigenvalue weighted by Crippen LogP contribution is -2.10. The van der Waals surface area contributed by atoms with Crippen molar-refractivity contribution in [3.05, 3.63) is 108 Å². The number of para-hydroxylation sites is 1. The van der Waals surface area contributed by atoms with Gasteiger partial charge in [-0.05, 0) is 28.8 Å². The lowest BCUT2D eigenvalue weighted by molar-refractivity contribution is -0.115. The molecule has 3 rings (SSSR count). The second-order valence-corrected chi connectivity index (χ2v) is 5.47. The van der Waals surface area contributed by atoms with Crippen LogP contribution in [0.5, 0.6) is 0 Å². The molecule has 0 saturated heterocycles. The summed E-state index contributed by atoms with van der Waals surface area (Å²) in [5, 5.41) is 2.92. The fraction of sp³-hybridized carbons (Fsp3) is 0.0455. The van der Waals surface area contributed by atoms with Crippen molar-refractivity contribution in [3.8, 4) is 0 Å². The Morgan fingerprint density at radius 2 is 1.17 bits per heavy atom. The minimum atomic E-state index is -0.0226. The van der Waals surface area contributed by atoms with Crippen LogP contribution >= 0.6 is 0 Å². The van der Waals surface area contributed by atoms with E-state index in [4.69, 9.17) is 0 Å². The number of hydrogen-bond acceptors (Lipinski definition) is 1. The first kappa shape index (κ1) is 15.8. The van der Waals surface area contributed by atoms with Crippen LogP contribution in [0.25, 0.3) is 5.57 Å². The summed E-state index contributed by atoms with van der Waals surface area (Å²) in [5.41, 5.74) is 4.10. The monoisotopic (exact) mass is 313 g/mol. The third-order valence-corrected chi connectivity index (χ3v) is 3.72. The Morgan fingerprint density at radius 1 is 0.708 bits per heavy atom. The molecule has 24 heavy (non-hydrogen) atoms. The molecule has 0 aliphatic heterocycles. The maximum atomic E-state index is 12.2. The Bertz CT molecular complexity index is 767. The van der Waals surface area contributed by atoms with Crippen LogP contribution in [0.2, 0.25) is 0 Å². The normalized spacial score (nSPS) is 10.0. The second-order valence-electron chi connectivity index (χ2n) is 5.47. The van der Waals surface area contributed by atoms with Gasteiger partial charge in [0.25, 0.3) is 0 Å². The number of amides is 1. The van der Waals surface area contributed by atoms with Gasteiger partial charge >= 0.3 is 0 Å². The molecule has 0 aliphatic carbocycles. The summed E-state index contributed by atoms with van der Waals surface area (Å²) in [5.74, 6) is -0.0226. The zero-order valence-electron chi connectivity index (χ0n) is 13.4. The van der Waals surface area contributed by atoms with Gasteiger partial charge in [0.1, 0.15) is 0 Å². The molecule has 0 heterocycles. The number of hydrogen-bond donors (Lipinski definition) is 1. The highest BCUT2D eigenvalue weighted by Crippen LogP contribution is 2.23. The molecule has 0 radical (unpaired) electrons. The van der Waals surface area contributed by atoms with Crippen molar-refractivity contribution in [2.75, 3.05) is 5.32 Å². The summed E-state index contributed by atoms with van der Waals surface area (Å²) in [4.78, 5) is 12.2. The van der Waals surface area contributed by atoms with Gasteiger partial charge in [0.15, 0.2) is 0 Å². The molecule has 1 N–H and O–H groups in total. The van der Waals surface area contributed by atoms with Gasteiger partial charge in [-0.1, -0.05) is 84.9 Å². The largest absolute Gasteiger partial charge is 0.326 e. The number of carbonyl (C=O) groups excluding carboxylic acids is 1. The summed E-state index contributed by atoms with van der Waals surface area (Å²) >= 11 is 0. The quantitative estimate of drug-likeness (QED) is 0.693. The summed E-state index contributed by atoms with van der Waals surface area (Å²) in [6.45, 7) is 0. The first-order valence-electron chi connectivity index (χ1n) is 7.99. The maximum absolute atomic E-state index is 12.2. The zero-order chi connectivity index (χ0) is 16.6. The van der Waals surface area contributed by atoms with E-state index >= 15 is 0 Å².